The summed E-state index contributed by atoms with van der Waals surface area (Å²) in [5.41, 5.74) is 20.3. The first-order chi connectivity index (χ1) is 14.8. The molecular weight excluding hydrogens is 593 g/mol. The molecule has 0 spiro atoms. The van der Waals surface area contributed by atoms with Crippen LogP contribution in [0, 0.1) is 0 Å². The van der Waals surface area contributed by atoms with Gasteiger partial charge in [-0.3, -0.25) is 19.2 Å². The van der Waals surface area contributed by atoms with Gasteiger partial charge in [0.2, 0.25) is 0 Å². The molecule has 0 rings (SSSR count). The zero-order valence-electron chi connectivity index (χ0n) is 24.8. The molecule has 10 N–H and O–H groups in total. The molecule has 0 amide bonds. The molecule has 0 saturated carbocycles. The monoisotopic (exact) mass is 620 g/mol. The van der Waals surface area contributed by atoms with Crippen LogP contribution in [0.1, 0.15) is 44.2 Å². The van der Waals surface area contributed by atoms with E-state index >= 15 is 0 Å². The van der Waals surface area contributed by atoms with Crippen molar-refractivity contribution < 1.29 is 260 Å². The maximum atomic E-state index is 11.6. The third-order valence-electron chi connectivity index (χ3n) is 3.41. The van der Waals surface area contributed by atoms with E-state index in [9.17, 15) is 28.8 Å². The molecular formula is C16H28K4N6O10. The van der Waals surface area contributed by atoms with E-state index in [1.807, 2.05) is 0 Å². The molecule has 0 aromatic heterocycles. The van der Waals surface area contributed by atoms with Gasteiger partial charge in [0.05, 0.1) is 12.8 Å². The third kappa shape index (κ3) is 26.5. The number of guanidine groups is 2. The first-order valence-electron chi connectivity index (χ1n) is 8.91. The molecule has 2 atom stereocenters. The number of hydrogen-bond donors (Lipinski definition) is 6. The molecule has 0 aliphatic carbocycles. The Labute approximate surface area is 382 Å². The fourth-order valence-corrected chi connectivity index (χ4v) is 2.02. The smallest absolute Gasteiger partial charge is 1.00 e. The Morgan fingerprint density at radius 3 is 1.06 bits per heavy atom. The predicted octanol–water partition coefficient (Wildman–Crippen LogP) is -14.6. The van der Waals surface area contributed by atoms with Crippen LogP contribution in [0.4, 0.5) is 0 Å². The molecule has 0 unspecified atom stereocenters. The van der Waals surface area contributed by atoms with Gasteiger partial charge in [-0.05, 0) is 12.8 Å². The van der Waals surface area contributed by atoms with E-state index in [1.165, 1.54) is 0 Å². The van der Waals surface area contributed by atoms with Crippen LogP contribution in [-0.2, 0) is 38.2 Å². The van der Waals surface area contributed by atoms with Crippen LogP contribution in [-0.4, -0.2) is 70.0 Å². The molecule has 0 aromatic rings. The molecule has 20 heteroatoms. The van der Waals surface area contributed by atoms with Crippen LogP contribution in [0.2, 0.25) is 0 Å². The summed E-state index contributed by atoms with van der Waals surface area (Å²) < 4.78 is 8.81. The number of ether oxygens (including phenoxy) is 2. The maximum Gasteiger partial charge on any atom is 1.00 e. The van der Waals surface area contributed by atoms with Crippen molar-refractivity contribution in [3.05, 3.63) is 0 Å². The molecule has 0 saturated heterocycles. The Balaban J connectivity index is -0.000000172. The van der Waals surface area contributed by atoms with Gasteiger partial charge in [-0.1, -0.05) is 0 Å². The van der Waals surface area contributed by atoms with Gasteiger partial charge < -0.3 is 48.3 Å². The van der Waals surface area contributed by atoms with Crippen LogP contribution < -0.4 is 228 Å². The number of aliphatic imine (C=N–C) groups is 2. The summed E-state index contributed by atoms with van der Waals surface area (Å²) in [6.07, 6.45) is -2.90. The number of carbonyl (C=O) groups is 6. The summed E-state index contributed by atoms with van der Waals surface area (Å²) in [5, 5.41) is 17.8. The normalized spacial score (nSPS) is 10.6. The van der Waals surface area contributed by atoms with Crippen molar-refractivity contribution in [1.29, 1.82) is 0 Å². The van der Waals surface area contributed by atoms with Crippen molar-refractivity contribution in [2.75, 3.05) is 0 Å². The van der Waals surface area contributed by atoms with E-state index in [4.69, 9.17) is 33.1 Å². The van der Waals surface area contributed by atoms with Crippen LogP contribution in [0.25, 0.3) is 0 Å². The molecule has 0 radical (unpaired) electrons. The van der Waals surface area contributed by atoms with Crippen molar-refractivity contribution in [3.63, 3.8) is 0 Å². The minimum Gasteiger partial charge on any atom is -1.00 e. The topological polar surface area (TPSA) is 290 Å². The summed E-state index contributed by atoms with van der Waals surface area (Å²) >= 11 is 0. The number of esters is 4. The number of carboxylic acid groups (broad SMARTS) is 2. The molecule has 16 nitrogen and oxygen atoms in total. The van der Waals surface area contributed by atoms with E-state index in [2.05, 4.69) is 19.5 Å². The van der Waals surface area contributed by atoms with Gasteiger partial charge >= 0.3 is 241 Å². The standard InChI is InChI=1S/C16H24N6O10.4K.4H/c17-15(18)21-7(13(27)28)1-3-9(23)31-11(25)5-6-12(26)32-10(24)4-2-8(14(29)30)22-16(19)20;;;;;;;;/h7-8H,1-6H2,(H,27,28)(H,29,30)(H4,17,18,21)(H4,19,20,22);;;;;;;;/q;4*+1;4*-1/t7-,8-;;;;;;;;/m1......../s1. The predicted molar refractivity (Wildman–Crippen MR) is 109 cm³/mol. The van der Waals surface area contributed by atoms with Crippen molar-refractivity contribution >= 4 is 47.7 Å². The summed E-state index contributed by atoms with van der Waals surface area (Å²) in [6.45, 7) is 0. The summed E-state index contributed by atoms with van der Waals surface area (Å²) in [5.74, 6) is -8.16. The molecule has 186 valence electrons. The Hall–Kier alpha value is 2.31. The number of nitrogens with zero attached hydrogens (tertiary/aromatic N) is 2. The zero-order chi connectivity index (χ0) is 24.8. The molecule has 0 fully saturated rings. The van der Waals surface area contributed by atoms with Crippen LogP contribution in [0.3, 0.4) is 0 Å². The van der Waals surface area contributed by atoms with Gasteiger partial charge in [0.15, 0.2) is 24.0 Å². The molecule has 0 aliphatic heterocycles. The largest absolute Gasteiger partial charge is 1.00 e. The van der Waals surface area contributed by atoms with Gasteiger partial charge in [0.25, 0.3) is 0 Å². The summed E-state index contributed by atoms with van der Waals surface area (Å²) in [7, 11) is 0. The first kappa shape index (κ1) is 48.1. The second kappa shape index (κ2) is 27.5. The quantitative estimate of drug-likeness (QED) is 0.0366. The van der Waals surface area contributed by atoms with Gasteiger partial charge in [-0.2, -0.15) is 0 Å². The van der Waals surface area contributed by atoms with Crippen LogP contribution in [0.15, 0.2) is 9.98 Å². The van der Waals surface area contributed by atoms with Crippen molar-refractivity contribution in [3.8, 4) is 0 Å². The number of rotatable bonds is 13. The molecule has 0 heterocycles. The van der Waals surface area contributed by atoms with E-state index in [1.54, 1.807) is 0 Å². The minimum absolute atomic E-state index is 0. The summed E-state index contributed by atoms with van der Waals surface area (Å²) in [4.78, 5) is 75.0. The van der Waals surface area contributed by atoms with Gasteiger partial charge in [-0.25, -0.2) is 19.6 Å². The molecule has 0 aromatic carbocycles. The second-order valence-corrected chi connectivity index (χ2v) is 6.09. The molecule has 36 heavy (non-hydrogen) atoms. The van der Waals surface area contributed by atoms with Crippen molar-refractivity contribution in [2.24, 2.45) is 32.9 Å². The number of aliphatic carboxylic acids is 2. The maximum absolute atomic E-state index is 11.6. The van der Waals surface area contributed by atoms with Gasteiger partial charge in [-0.15, -0.1) is 0 Å². The number of carboxylic acids is 2. The fourth-order valence-electron chi connectivity index (χ4n) is 2.02. The average molecular weight is 621 g/mol. The number of nitrogens with two attached hydrogens (primary N) is 4. The van der Waals surface area contributed by atoms with Crippen molar-refractivity contribution in [1.82, 2.24) is 0 Å². The van der Waals surface area contributed by atoms with Gasteiger partial charge in [0.1, 0.15) is 0 Å². The number of carbonyl (C=O) groups excluding carboxylic acids is 4. The minimum atomic E-state index is -1.41. The Morgan fingerprint density at radius 2 is 0.833 bits per heavy atom. The van der Waals surface area contributed by atoms with Crippen LogP contribution in [0.5, 0.6) is 0 Å². The average Bonchev–Trinajstić information content (AvgIpc) is 2.65. The molecule has 0 bridgehead atoms. The Kier molecular flexibility index (Phi) is 36.7. The fraction of sp³-hybridized carbons (Fsp3) is 0.500. The second-order valence-electron chi connectivity index (χ2n) is 6.09. The summed E-state index contributed by atoms with van der Waals surface area (Å²) in [6, 6.07) is -2.81. The number of hydrogen-bond acceptors (Lipinski definition) is 10. The van der Waals surface area contributed by atoms with E-state index < -0.39 is 85.5 Å². The first-order valence-corrected chi connectivity index (χ1v) is 8.91. The van der Waals surface area contributed by atoms with E-state index in [0.717, 1.165) is 0 Å². The Morgan fingerprint density at radius 1 is 0.583 bits per heavy atom. The molecule has 0 aliphatic rings. The van der Waals surface area contributed by atoms with Crippen LogP contribution >= 0.6 is 0 Å². The Bertz CT molecular complexity index is 772. The van der Waals surface area contributed by atoms with Crippen molar-refractivity contribution in [2.45, 2.75) is 50.6 Å². The van der Waals surface area contributed by atoms with E-state index in [0.29, 0.717) is 0 Å². The zero-order valence-corrected chi connectivity index (χ0v) is 33.3. The van der Waals surface area contributed by atoms with Gasteiger partial charge in [0, 0.05) is 12.8 Å². The SMILES string of the molecule is NC(N)=N[C@H](CCC(=O)OC(=O)CCC(=O)OC(=O)CC[C@@H](N=C(N)N)C(=O)O)C(=O)O.[H-].[H-].[H-].[H-].[K+].[K+].[K+].[K+]. The van der Waals surface area contributed by atoms with E-state index in [-0.39, 0.29) is 224 Å². The third-order valence-corrected chi connectivity index (χ3v) is 3.41.